The van der Waals surface area contributed by atoms with Crippen molar-refractivity contribution < 1.29 is 14.0 Å². The van der Waals surface area contributed by atoms with Gasteiger partial charge in [0.15, 0.2) is 0 Å². The number of likely N-dealkylation sites (N-methyl/N-ethyl adjacent to an activating group) is 1. The Morgan fingerprint density at radius 3 is 2.86 bits per heavy atom. The fraction of sp³-hybridized carbons (Fsp3) is 0.125. The largest absolute Gasteiger partial charge is 0.463 e. The van der Waals surface area contributed by atoms with E-state index in [0.29, 0.717) is 5.76 Å². The van der Waals surface area contributed by atoms with Crippen molar-refractivity contribution in [2.24, 2.45) is 5.10 Å². The van der Waals surface area contributed by atoms with E-state index in [9.17, 15) is 9.59 Å². The van der Waals surface area contributed by atoms with Crippen molar-refractivity contribution in [3.05, 3.63) is 24.2 Å². The molecule has 1 heterocycles. The zero-order valence-electron chi connectivity index (χ0n) is 7.48. The zero-order valence-corrected chi connectivity index (χ0v) is 7.48. The smallest absolute Gasteiger partial charge is 0.329 e. The summed E-state index contributed by atoms with van der Waals surface area (Å²) in [6.07, 6.45) is 2.77. The molecule has 0 saturated heterocycles. The number of hydrogen-bond donors (Lipinski definition) is 2. The maximum atomic E-state index is 10.8. The third kappa shape index (κ3) is 2.74. The van der Waals surface area contributed by atoms with Crippen LogP contribution in [0.1, 0.15) is 5.76 Å². The third-order valence-electron chi connectivity index (χ3n) is 1.33. The van der Waals surface area contributed by atoms with Gasteiger partial charge in [-0.05, 0) is 12.1 Å². The Hall–Kier alpha value is -2.11. The molecule has 0 aliphatic heterocycles. The maximum absolute atomic E-state index is 10.8. The molecule has 2 N–H and O–H groups in total. The summed E-state index contributed by atoms with van der Waals surface area (Å²) in [6, 6.07) is 3.34. The summed E-state index contributed by atoms with van der Waals surface area (Å²) >= 11 is 0. The molecular formula is C8H9N3O3. The molecule has 0 aromatic carbocycles. The van der Waals surface area contributed by atoms with Crippen molar-refractivity contribution in [3.8, 4) is 0 Å². The van der Waals surface area contributed by atoms with E-state index in [2.05, 4.69) is 10.4 Å². The number of furan rings is 1. The van der Waals surface area contributed by atoms with E-state index >= 15 is 0 Å². The van der Waals surface area contributed by atoms with Crippen LogP contribution >= 0.6 is 0 Å². The second-order valence-corrected chi connectivity index (χ2v) is 2.29. The molecule has 0 aliphatic carbocycles. The molecule has 74 valence electrons. The predicted molar refractivity (Wildman–Crippen MR) is 48.5 cm³/mol. The van der Waals surface area contributed by atoms with Gasteiger partial charge in [-0.15, -0.1) is 0 Å². The number of carbonyl (C=O) groups is 2. The van der Waals surface area contributed by atoms with Crippen molar-refractivity contribution in [3.63, 3.8) is 0 Å². The van der Waals surface area contributed by atoms with E-state index in [1.807, 2.05) is 5.43 Å². The van der Waals surface area contributed by atoms with Crippen LogP contribution in [0.15, 0.2) is 27.9 Å². The lowest BCUT2D eigenvalue weighted by atomic mass is 10.5. The Labute approximate surface area is 80.0 Å². The molecule has 0 bridgehead atoms. The van der Waals surface area contributed by atoms with Gasteiger partial charge in [0.05, 0.1) is 12.5 Å². The molecule has 0 aliphatic rings. The standard InChI is InChI=1S/C8H9N3O3/c1-9-7(12)8(13)11-10-5-6-3-2-4-14-6/h2-5H,1H3,(H,9,12)(H,11,13)/b10-5-. The van der Waals surface area contributed by atoms with Crippen LogP contribution in [0.3, 0.4) is 0 Å². The molecule has 0 unspecified atom stereocenters. The lowest BCUT2D eigenvalue weighted by Crippen LogP contribution is -2.35. The topological polar surface area (TPSA) is 83.7 Å². The highest BCUT2D eigenvalue weighted by Gasteiger charge is 2.08. The van der Waals surface area contributed by atoms with Gasteiger partial charge in [-0.2, -0.15) is 5.10 Å². The number of rotatable bonds is 2. The van der Waals surface area contributed by atoms with Crippen LogP contribution in [-0.4, -0.2) is 25.1 Å². The Balaban J connectivity index is 2.41. The Morgan fingerprint density at radius 2 is 2.29 bits per heavy atom. The highest BCUT2D eigenvalue weighted by atomic mass is 16.3. The van der Waals surface area contributed by atoms with E-state index in [1.165, 1.54) is 19.5 Å². The van der Waals surface area contributed by atoms with E-state index in [0.717, 1.165) is 0 Å². The molecule has 0 fully saturated rings. The van der Waals surface area contributed by atoms with Crippen molar-refractivity contribution in [1.29, 1.82) is 0 Å². The number of hydrazone groups is 1. The molecule has 1 rings (SSSR count). The first kappa shape index (κ1) is 9.97. The Bertz CT molecular complexity index is 343. The normalized spacial score (nSPS) is 10.1. The SMILES string of the molecule is CNC(=O)C(=O)N/N=C\c1ccco1. The fourth-order valence-electron chi connectivity index (χ4n) is 0.684. The summed E-state index contributed by atoms with van der Waals surface area (Å²) in [5, 5.41) is 5.66. The molecular weight excluding hydrogens is 186 g/mol. The molecule has 0 saturated carbocycles. The Morgan fingerprint density at radius 1 is 1.50 bits per heavy atom. The van der Waals surface area contributed by atoms with Crippen LogP contribution in [0.4, 0.5) is 0 Å². The van der Waals surface area contributed by atoms with Gasteiger partial charge < -0.3 is 9.73 Å². The maximum Gasteiger partial charge on any atom is 0.329 e. The van der Waals surface area contributed by atoms with Crippen LogP contribution < -0.4 is 10.7 Å². The van der Waals surface area contributed by atoms with Crippen LogP contribution in [0.5, 0.6) is 0 Å². The molecule has 6 nitrogen and oxygen atoms in total. The van der Waals surface area contributed by atoms with Gasteiger partial charge in [-0.3, -0.25) is 9.59 Å². The minimum Gasteiger partial charge on any atom is -0.463 e. The molecule has 14 heavy (non-hydrogen) atoms. The van der Waals surface area contributed by atoms with Crippen molar-refractivity contribution in [1.82, 2.24) is 10.7 Å². The first-order chi connectivity index (χ1) is 6.74. The zero-order chi connectivity index (χ0) is 10.4. The molecule has 2 amide bonds. The monoisotopic (exact) mass is 195 g/mol. The lowest BCUT2D eigenvalue weighted by molar-refractivity contribution is -0.138. The first-order valence-electron chi connectivity index (χ1n) is 3.82. The Kier molecular flexibility index (Phi) is 3.42. The van der Waals surface area contributed by atoms with Crippen LogP contribution in [0.25, 0.3) is 0 Å². The van der Waals surface area contributed by atoms with Gasteiger partial charge in [0, 0.05) is 7.05 Å². The van der Waals surface area contributed by atoms with Gasteiger partial charge in [0.25, 0.3) is 0 Å². The average molecular weight is 195 g/mol. The molecule has 0 radical (unpaired) electrons. The second-order valence-electron chi connectivity index (χ2n) is 2.29. The van der Waals surface area contributed by atoms with Crippen molar-refractivity contribution in [2.75, 3.05) is 7.05 Å². The first-order valence-corrected chi connectivity index (χ1v) is 3.82. The van der Waals surface area contributed by atoms with Gasteiger partial charge in [-0.25, -0.2) is 5.43 Å². The highest BCUT2D eigenvalue weighted by molar-refractivity contribution is 6.34. The van der Waals surface area contributed by atoms with E-state index in [-0.39, 0.29) is 0 Å². The van der Waals surface area contributed by atoms with Gasteiger partial charge in [0.2, 0.25) is 0 Å². The lowest BCUT2D eigenvalue weighted by Gasteiger charge is -1.95. The summed E-state index contributed by atoms with van der Waals surface area (Å²) in [5.41, 5.74) is 2.03. The highest BCUT2D eigenvalue weighted by Crippen LogP contribution is 1.94. The van der Waals surface area contributed by atoms with Crippen LogP contribution in [-0.2, 0) is 9.59 Å². The van der Waals surface area contributed by atoms with Crippen LogP contribution in [0.2, 0.25) is 0 Å². The summed E-state index contributed by atoms with van der Waals surface area (Å²) in [7, 11) is 1.36. The minimum atomic E-state index is -0.824. The predicted octanol–water partition coefficient (Wildman–Crippen LogP) is -0.524. The summed E-state index contributed by atoms with van der Waals surface area (Å²) in [6.45, 7) is 0. The van der Waals surface area contributed by atoms with Gasteiger partial charge >= 0.3 is 11.8 Å². The number of carbonyl (C=O) groups excluding carboxylic acids is 2. The number of nitrogens with one attached hydrogen (secondary N) is 2. The van der Waals surface area contributed by atoms with Crippen LogP contribution in [0, 0.1) is 0 Å². The molecule has 1 aromatic rings. The van der Waals surface area contributed by atoms with E-state index < -0.39 is 11.8 Å². The number of nitrogens with zero attached hydrogens (tertiary/aromatic N) is 1. The second kappa shape index (κ2) is 4.80. The van der Waals surface area contributed by atoms with E-state index in [4.69, 9.17) is 4.42 Å². The summed E-state index contributed by atoms with van der Waals surface area (Å²) < 4.78 is 4.90. The number of amides is 2. The van der Waals surface area contributed by atoms with Gasteiger partial charge in [0.1, 0.15) is 5.76 Å². The molecule has 0 atom stereocenters. The fourth-order valence-corrected chi connectivity index (χ4v) is 0.684. The summed E-state index contributed by atoms with van der Waals surface area (Å²) in [4.78, 5) is 21.5. The van der Waals surface area contributed by atoms with Gasteiger partial charge in [-0.1, -0.05) is 0 Å². The third-order valence-corrected chi connectivity index (χ3v) is 1.33. The van der Waals surface area contributed by atoms with Crippen molar-refractivity contribution in [2.45, 2.75) is 0 Å². The number of hydrogen-bond acceptors (Lipinski definition) is 4. The molecule has 6 heteroatoms. The van der Waals surface area contributed by atoms with E-state index in [1.54, 1.807) is 12.1 Å². The average Bonchev–Trinajstić information content (AvgIpc) is 2.69. The quantitative estimate of drug-likeness (QED) is 0.378. The minimum absolute atomic E-state index is 0.488. The van der Waals surface area contributed by atoms with Crippen molar-refractivity contribution >= 4 is 18.0 Å². The summed E-state index contributed by atoms with van der Waals surface area (Å²) in [5.74, 6) is -1.08. The molecule has 1 aromatic heterocycles. The molecule has 0 spiro atoms.